The smallest absolute Gasteiger partial charge is 0.119 e. The van der Waals surface area contributed by atoms with Gasteiger partial charge in [-0.3, -0.25) is 0 Å². The molecule has 1 aromatic rings. The summed E-state index contributed by atoms with van der Waals surface area (Å²) in [5.41, 5.74) is 7.37. The lowest BCUT2D eigenvalue weighted by molar-refractivity contribution is 0.303. The van der Waals surface area contributed by atoms with Crippen molar-refractivity contribution in [1.82, 2.24) is 0 Å². The van der Waals surface area contributed by atoms with Crippen molar-refractivity contribution in [3.8, 4) is 5.75 Å². The first-order chi connectivity index (χ1) is 8.28. The largest absolute Gasteiger partial charge is 0.490 e. The molecule has 0 aliphatic heterocycles. The van der Waals surface area contributed by atoms with Crippen molar-refractivity contribution in [2.75, 3.05) is 0 Å². The van der Waals surface area contributed by atoms with Crippen molar-refractivity contribution in [1.29, 1.82) is 0 Å². The van der Waals surface area contributed by atoms with Crippen LogP contribution in [-0.2, 0) is 6.42 Å². The molecule has 0 saturated heterocycles. The summed E-state index contributed by atoms with van der Waals surface area (Å²) in [5.74, 6) is 1.01. The first kappa shape index (κ1) is 12.4. The van der Waals surface area contributed by atoms with Gasteiger partial charge in [-0.15, -0.1) is 0 Å². The van der Waals surface area contributed by atoms with Gasteiger partial charge >= 0.3 is 0 Å². The molecule has 0 amide bonds. The Morgan fingerprint density at radius 1 is 1.24 bits per heavy atom. The van der Waals surface area contributed by atoms with Crippen molar-refractivity contribution in [2.45, 2.75) is 57.6 Å². The van der Waals surface area contributed by atoms with Crippen LogP contribution in [-0.4, -0.2) is 12.1 Å². The van der Waals surface area contributed by atoms with E-state index in [4.69, 9.17) is 10.5 Å². The highest BCUT2D eigenvalue weighted by molar-refractivity contribution is 5.27. The lowest BCUT2D eigenvalue weighted by Crippen LogP contribution is -2.20. The highest BCUT2D eigenvalue weighted by atomic mass is 16.5. The molecule has 0 bridgehead atoms. The molecule has 2 nitrogen and oxygen atoms in total. The minimum Gasteiger partial charge on any atom is -0.490 e. The highest BCUT2D eigenvalue weighted by Crippen LogP contribution is 2.26. The third kappa shape index (κ3) is 4.39. The van der Waals surface area contributed by atoms with Gasteiger partial charge in [-0.2, -0.15) is 0 Å². The summed E-state index contributed by atoms with van der Waals surface area (Å²) in [4.78, 5) is 0. The Hall–Kier alpha value is -1.02. The van der Waals surface area contributed by atoms with E-state index in [1.807, 2.05) is 0 Å². The van der Waals surface area contributed by atoms with Crippen LogP contribution in [0.2, 0.25) is 0 Å². The molecule has 17 heavy (non-hydrogen) atoms. The molecule has 2 heteroatoms. The summed E-state index contributed by atoms with van der Waals surface area (Å²) in [5, 5.41) is 0. The molecule has 1 fully saturated rings. The molecule has 0 aromatic heterocycles. The number of rotatable bonds is 7. The maximum absolute atomic E-state index is 6.01. The van der Waals surface area contributed by atoms with Crippen LogP contribution in [0.15, 0.2) is 24.3 Å². The zero-order valence-electron chi connectivity index (χ0n) is 10.7. The fourth-order valence-corrected chi connectivity index (χ4v) is 1.98. The van der Waals surface area contributed by atoms with E-state index >= 15 is 0 Å². The quantitative estimate of drug-likeness (QED) is 0.784. The topological polar surface area (TPSA) is 35.2 Å². The van der Waals surface area contributed by atoms with Gasteiger partial charge in [0.05, 0.1) is 6.10 Å². The van der Waals surface area contributed by atoms with Gasteiger partial charge in [0.2, 0.25) is 0 Å². The molecular weight excluding hydrogens is 210 g/mol. The van der Waals surface area contributed by atoms with E-state index in [0.29, 0.717) is 12.1 Å². The van der Waals surface area contributed by atoms with E-state index in [1.54, 1.807) is 0 Å². The van der Waals surface area contributed by atoms with Gasteiger partial charge in [0, 0.05) is 6.04 Å². The minimum atomic E-state index is 0.349. The molecule has 0 heterocycles. The van der Waals surface area contributed by atoms with Gasteiger partial charge in [-0.25, -0.2) is 0 Å². The van der Waals surface area contributed by atoms with Crippen molar-refractivity contribution in [3.63, 3.8) is 0 Å². The average Bonchev–Trinajstić information content (AvgIpc) is 3.13. The number of hydrogen-bond donors (Lipinski definition) is 1. The van der Waals surface area contributed by atoms with Crippen LogP contribution in [0.25, 0.3) is 0 Å². The molecule has 1 aliphatic carbocycles. The van der Waals surface area contributed by atoms with Gasteiger partial charge in [0.1, 0.15) is 5.75 Å². The molecule has 1 unspecified atom stereocenters. The molecule has 1 aliphatic rings. The van der Waals surface area contributed by atoms with Gasteiger partial charge in [-0.1, -0.05) is 25.5 Å². The molecular formula is C15H23NO. The van der Waals surface area contributed by atoms with E-state index < -0.39 is 0 Å². The third-order valence-electron chi connectivity index (χ3n) is 3.21. The van der Waals surface area contributed by atoms with Crippen LogP contribution in [0.4, 0.5) is 0 Å². The molecule has 0 radical (unpaired) electrons. The average molecular weight is 233 g/mol. The fraction of sp³-hybridized carbons (Fsp3) is 0.600. The van der Waals surface area contributed by atoms with Crippen LogP contribution < -0.4 is 10.5 Å². The van der Waals surface area contributed by atoms with Crippen molar-refractivity contribution in [3.05, 3.63) is 29.8 Å². The number of aryl methyl sites for hydroxylation is 1. The SMILES string of the molecule is CCCC(N)CCc1ccc(OC2CC2)cc1. The van der Waals surface area contributed by atoms with Gasteiger partial charge in [-0.05, 0) is 49.8 Å². The first-order valence-corrected chi connectivity index (χ1v) is 6.79. The second kappa shape index (κ2) is 6.06. The highest BCUT2D eigenvalue weighted by Gasteiger charge is 2.23. The standard InChI is InChI=1S/C15H23NO/c1-2-3-13(16)7-4-12-5-8-14(9-6-12)17-15-10-11-15/h5-6,8-9,13,15H,2-4,7,10-11,16H2,1H3. The molecule has 94 valence electrons. The van der Waals surface area contributed by atoms with Gasteiger partial charge < -0.3 is 10.5 Å². The van der Waals surface area contributed by atoms with Crippen LogP contribution in [0.5, 0.6) is 5.75 Å². The summed E-state index contributed by atoms with van der Waals surface area (Å²) in [6.07, 6.45) is 7.37. The molecule has 0 spiro atoms. The maximum atomic E-state index is 6.01. The predicted octanol–water partition coefficient (Wildman–Crippen LogP) is 3.29. The lowest BCUT2D eigenvalue weighted by Gasteiger charge is -2.10. The maximum Gasteiger partial charge on any atom is 0.119 e. The molecule has 1 saturated carbocycles. The van der Waals surface area contributed by atoms with Gasteiger partial charge in [0.15, 0.2) is 0 Å². The zero-order valence-corrected chi connectivity index (χ0v) is 10.7. The third-order valence-corrected chi connectivity index (χ3v) is 3.21. The summed E-state index contributed by atoms with van der Waals surface area (Å²) in [6, 6.07) is 8.84. The second-order valence-electron chi connectivity index (χ2n) is 5.05. The van der Waals surface area contributed by atoms with Crippen molar-refractivity contribution < 1.29 is 4.74 Å². The fourth-order valence-electron chi connectivity index (χ4n) is 1.98. The van der Waals surface area contributed by atoms with Crippen LogP contribution in [0.1, 0.15) is 44.6 Å². The Balaban J connectivity index is 1.76. The van der Waals surface area contributed by atoms with Crippen LogP contribution >= 0.6 is 0 Å². The zero-order chi connectivity index (χ0) is 12.1. The molecule has 1 atom stereocenters. The molecule has 2 rings (SSSR count). The molecule has 1 aromatic carbocycles. The summed E-state index contributed by atoms with van der Waals surface area (Å²) < 4.78 is 5.72. The predicted molar refractivity (Wildman–Crippen MR) is 71.3 cm³/mol. The van der Waals surface area contributed by atoms with Gasteiger partial charge in [0.25, 0.3) is 0 Å². The second-order valence-corrected chi connectivity index (χ2v) is 5.05. The Morgan fingerprint density at radius 3 is 2.53 bits per heavy atom. The first-order valence-electron chi connectivity index (χ1n) is 6.79. The summed E-state index contributed by atoms with van der Waals surface area (Å²) in [6.45, 7) is 2.18. The van der Waals surface area contributed by atoms with E-state index in [2.05, 4.69) is 31.2 Å². The Labute approximate surface area is 104 Å². The Bertz CT molecular complexity index is 329. The normalized spacial score (nSPS) is 16.8. The Morgan fingerprint density at radius 2 is 1.94 bits per heavy atom. The van der Waals surface area contributed by atoms with Crippen LogP contribution in [0.3, 0.4) is 0 Å². The van der Waals surface area contributed by atoms with E-state index in [9.17, 15) is 0 Å². The van der Waals surface area contributed by atoms with E-state index in [0.717, 1.165) is 25.0 Å². The Kier molecular flexibility index (Phi) is 4.43. The monoisotopic (exact) mass is 233 g/mol. The van der Waals surface area contributed by atoms with Crippen LogP contribution in [0, 0.1) is 0 Å². The summed E-state index contributed by atoms with van der Waals surface area (Å²) >= 11 is 0. The number of benzene rings is 1. The van der Waals surface area contributed by atoms with Crippen molar-refractivity contribution in [2.24, 2.45) is 5.73 Å². The lowest BCUT2D eigenvalue weighted by atomic mass is 10.0. The summed E-state index contributed by atoms with van der Waals surface area (Å²) in [7, 11) is 0. The number of ether oxygens (including phenoxy) is 1. The van der Waals surface area contributed by atoms with Crippen molar-refractivity contribution >= 4 is 0 Å². The molecule has 2 N–H and O–H groups in total. The van der Waals surface area contributed by atoms with E-state index in [1.165, 1.54) is 24.8 Å². The number of nitrogens with two attached hydrogens (primary N) is 1. The van der Waals surface area contributed by atoms with E-state index in [-0.39, 0.29) is 0 Å². The minimum absolute atomic E-state index is 0.349. The number of hydrogen-bond acceptors (Lipinski definition) is 2.